The van der Waals surface area contributed by atoms with Crippen molar-refractivity contribution in [3.05, 3.63) is 25.3 Å². The summed E-state index contributed by atoms with van der Waals surface area (Å²) in [6.07, 6.45) is 2.93. The highest BCUT2D eigenvalue weighted by atomic mass is 14.1. The molecule has 0 spiro atoms. The summed E-state index contributed by atoms with van der Waals surface area (Å²) in [4.78, 5) is 0. The molecule has 0 saturated heterocycles. The van der Waals surface area contributed by atoms with Crippen molar-refractivity contribution >= 4 is 0 Å². The zero-order valence-electron chi connectivity index (χ0n) is 5.70. The van der Waals surface area contributed by atoms with Crippen molar-refractivity contribution < 1.29 is 0 Å². The van der Waals surface area contributed by atoms with E-state index in [0.29, 0.717) is 0 Å². The van der Waals surface area contributed by atoms with Crippen molar-refractivity contribution in [2.24, 2.45) is 5.41 Å². The topological polar surface area (TPSA) is 0 Å². The van der Waals surface area contributed by atoms with Gasteiger partial charge >= 0.3 is 0 Å². The molecule has 0 heterocycles. The molecule has 0 nitrogen and oxygen atoms in total. The molecule has 0 aromatic carbocycles. The van der Waals surface area contributed by atoms with Crippen LogP contribution >= 0.6 is 0 Å². The first-order valence-corrected chi connectivity index (χ1v) is 2.85. The van der Waals surface area contributed by atoms with Gasteiger partial charge in [-0.1, -0.05) is 20.4 Å². The van der Waals surface area contributed by atoms with Crippen molar-refractivity contribution in [2.45, 2.75) is 20.3 Å². The lowest BCUT2D eigenvalue weighted by atomic mass is 9.91. The lowest BCUT2D eigenvalue weighted by Crippen LogP contribution is -2.03. The highest BCUT2D eigenvalue weighted by molar-refractivity contribution is 4.95. The van der Waals surface area contributed by atoms with E-state index in [-0.39, 0.29) is 5.41 Å². The molecular formula is C8H13. The van der Waals surface area contributed by atoms with E-state index < -0.39 is 0 Å². The zero-order chi connectivity index (χ0) is 6.62. The highest BCUT2D eigenvalue weighted by Crippen LogP contribution is 2.19. The molecule has 0 amide bonds. The Hall–Kier alpha value is -0.480. The standard InChI is InChI=1S/C8H13/c1-5-7-8(3,4)6-2/h7H,1,3,6H2,2,4H3. The monoisotopic (exact) mass is 109 g/mol. The van der Waals surface area contributed by atoms with E-state index in [0.717, 1.165) is 6.42 Å². The Morgan fingerprint density at radius 3 is 2.38 bits per heavy atom. The van der Waals surface area contributed by atoms with Crippen LogP contribution in [0.25, 0.3) is 0 Å². The second-order valence-corrected chi connectivity index (χ2v) is 2.36. The van der Waals surface area contributed by atoms with Crippen LogP contribution in [-0.4, -0.2) is 0 Å². The summed E-state index contributed by atoms with van der Waals surface area (Å²) >= 11 is 0. The Bertz CT molecular complexity index is 103. The summed E-state index contributed by atoms with van der Waals surface area (Å²) in [5.41, 5.74) is 2.76. The molecule has 0 heteroatoms. The summed E-state index contributed by atoms with van der Waals surface area (Å²) in [7, 11) is 0. The van der Waals surface area contributed by atoms with Gasteiger partial charge in [-0.2, -0.15) is 0 Å². The Balaban J connectivity index is 3.90. The predicted molar refractivity (Wildman–Crippen MR) is 37.5 cm³/mol. The lowest BCUT2D eigenvalue weighted by molar-refractivity contribution is 0.526. The first kappa shape index (κ1) is 7.52. The van der Waals surface area contributed by atoms with Gasteiger partial charge in [0.15, 0.2) is 0 Å². The molecule has 0 aliphatic rings. The Labute approximate surface area is 51.9 Å². The van der Waals surface area contributed by atoms with Crippen molar-refractivity contribution in [1.82, 2.24) is 0 Å². The van der Waals surface area contributed by atoms with Crippen LogP contribution in [-0.2, 0) is 0 Å². The molecular weight excluding hydrogens is 96.1 g/mol. The fraction of sp³-hybridized carbons (Fsp3) is 0.500. The normalized spacial score (nSPS) is 10.4. The molecule has 0 rings (SSSR count). The third-order valence-electron chi connectivity index (χ3n) is 1.26. The van der Waals surface area contributed by atoms with Crippen molar-refractivity contribution in [3.8, 4) is 0 Å². The van der Waals surface area contributed by atoms with Gasteiger partial charge in [0.05, 0.1) is 0 Å². The highest BCUT2D eigenvalue weighted by Gasteiger charge is 2.08. The average molecular weight is 109 g/mol. The smallest absolute Gasteiger partial charge is 0.00733 e. The molecule has 0 fully saturated rings. The minimum absolute atomic E-state index is 0.0434. The van der Waals surface area contributed by atoms with E-state index in [4.69, 9.17) is 0 Å². The molecule has 0 bridgehead atoms. The van der Waals surface area contributed by atoms with Gasteiger partial charge in [-0.25, -0.2) is 0 Å². The van der Waals surface area contributed by atoms with Crippen LogP contribution in [0.15, 0.2) is 18.4 Å². The number of hydrogen-bond donors (Lipinski definition) is 0. The van der Waals surface area contributed by atoms with Gasteiger partial charge in [-0.15, -0.1) is 5.73 Å². The third-order valence-corrected chi connectivity index (χ3v) is 1.26. The largest absolute Gasteiger partial charge is 0.132 e. The van der Waals surface area contributed by atoms with E-state index in [1.165, 1.54) is 0 Å². The molecule has 0 aromatic heterocycles. The van der Waals surface area contributed by atoms with Crippen LogP contribution in [0.5, 0.6) is 0 Å². The second kappa shape index (κ2) is 2.74. The van der Waals surface area contributed by atoms with Gasteiger partial charge < -0.3 is 0 Å². The molecule has 0 aliphatic carbocycles. The van der Waals surface area contributed by atoms with E-state index in [1.807, 2.05) is 6.08 Å². The van der Waals surface area contributed by atoms with Crippen LogP contribution < -0.4 is 0 Å². The minimum atomic E-state index is 0.0434. The van der Waals surface area contributed by atoms with Crippen molar-refractivity contribution in [3.63, 3.8) is 0 Å². The predicted octanol–water partition coefficient (Wildman–Crippen LogP) is 2.58. The summed E-state index contributed by atoms with van der Waals surface area (Å²) in [6, 6.07) is 0. The van der Waals surface area contributed by atoms with Crippen molar-refractivity contribution in [1.29, 1.82) is 0 Å². The van der Waals surface area contributed by atoms with Gasteiger partial charge in [-0.05, 0) is 24.8 Å². The SMILES string of the molecule is [CH2]C(C)(C=C=C)CC. The average Bonchev–Trinajstić information content (AvgIpc) is 1.67. The summed E-state index contributed by atoms with van der Waals surface area (Å²) in [6.45, 7) is 11.6. The van der Waals surface area contributed by atoms with Crippen LogP contribution in [0.4, 0.5) is 0 Å². The summed E-state index contributed by atoms with van der Waals surface area (Å²) < 4.78 is 0. The number of rotatable bonds is 2. The maximum absolute atomic E-state index is 3.92. The van der Waals surface area contributed by atoms with E-state index >= 15 is 0 Å². The number of hydrogen-bond acceptors (Lipinski definition) is 0. The Morgan fingerprint density at radius 1 is 1.75 bits per heavy atom. The van der Waals surface area contributed by atoms with Gasteiger partial charge in [0.2, 0.25) is 0 Å². The molecule has 1 unspecified atom stereocenters. The fourth-order valence-electron chi connectivity index (χ4n) is 0.348. The lowest BCUT2D eigenvalue weighted by Gasteiger charge is -2.14. The zero-order valence-corrected chi connectivity index (χ0v) is 5.70. The number of allylic oxidation sites excluding steroid dienone is 1. The van der Waals surface area contributed by atoms with E-state index in [9.17, 15) is 0 Å². The fourth-order valence-corrected chi connectivity index (χ4v) is 0.348. The molecule has 0 aliphatic heterocycles. The van der Waals surface area contributed by atoms with Gasteiger partial charge in [0.1, 0.15) is 0 Å². The summed E-state index contributed by atoms with van der Waals surface area (Å²) in [5.74, 6) is 0. The molecule has 45 valence electrons. The minimum Gasteiger partial charge on any atom is -0.132 e. The third kappa shape index (κ3) is 2.65. The molecule has 0 aromatic rings. The molecule has 8 heavy (non-hydrogen) atoms. The second-order valence-electron chi connectivity index (χ2n) is 2.36. The quantitative estimate of drug-likeness (QED) is 0.478. The van der Waals surface area contributed by atoms with Crippen LogP contribution in [0.1, 0.15) is 20.3 Å². The Morgan fingerprint density at radius 2 is 2.25 bits per heavy atom. The van der Waals surface area contributed by atoms with Gasteiger partial charge in [0.25, 0.3) is 0 Å². The summed E-state index contributed by atoms with van der Waals surface area (Å²) in [5, 5.41) is 0. The van der Waals surface area contributed by atoms with Gasteiger partial charge in [0, 0.05) is 0 Å². The van der Waals surface area contributed by atoms with Crippen LogP contribution in [0, 0.1) is 12.3 Å². The first-order valence-electron chi connectivity index (χ1n) is 2.85. The maximum atomic E-state index is 3.92. The Kier molecular flexibility index (Phi) is 2.57. The van der Waals surface area contributed by atoms with E-state index in [1.54, 1.807) is 0 Å². The van der Waals surface area contributed by atoms with E-state index in [2.05, 4.69) is 33.1 Å². The molecule has 1 radical (unpaired) electrons. The van der Waals surface area contributed by atoms with Crippen molar-refractivity contribution in [2.75, 3.05) is 0 Å². The van der Waals surface area contributed by atoms with Crippen LogP contribution in [0.3, 0.4) is 0 Å². The van der Waals surface area contributed by atoms with Crippen LogP contribution in [0.2, 0.25) is 0 Å². The molecule has 0 saturated carbocycles. The molecule has 1 atom stereocenters. The maximum Gasteiger partial charge on any atom is -0.00733 e. The van der Waals surface area contributed by atoms with Gasteiger partial charge in [-0.3, -0.25) is 0 Å². The first-order chi connectivity index (χ1) is 3.62. The molecule has 0 N–H and O–H groups in total.